The van der Waals surface area contributed by atoms with Crippen molar-refractivity contribution in [1.29, 1.82) is 0 Å². The second-order valence-corrected chi connectivity index (χ2v) is 6.26. The van der Waals surface area contributed by atoms with E-state index in [9.17, 15) is 0 Å². The van der Waals surface area contributed by atoms with Crippen LogP contribution in [0, 0.1) is 0 Å². The molecular weight excluding hydrogens is 324 g/mol. The Labute approximate surface area is 154 Å². The molecule has 3 rings (SSSR count). The Morgan fingerprint density at radius 2 is 1.65 bits per heavy atom. The maximum atomic E-state index is 8.98. The number of nitrogens with zero attached hydrogens (tertiary/aromatic N) is 2. The van der Waals surface area contributed by atoms with Crippen molar-refractivity contribution < 1.29 is 5.11 Å². The lowest BCUT2D eigenvalue weighted by atomic mass is 10.1. The molecule has 0 amide bonds. The van der Waals surface area contributed by atoms with Gasteiger partial charge in [-0.25, -0.2) is 4.98 Å². The fourth-order valence-corrected chi connectivity index (χ4v) is 2.84. The molecule has 0 spiro atoms. The first-order valence-corrected chi connectivity index (χ1v) is 9.23. The van der Waals surface area contributed by atoms with Gasteiger partial charge in [0.15, 0.2) is 0 Å². The summed E-state index contributed by atoms with van der Waals surface area (Å²) in [6, 6.07) is 16.7. The lowest BCUT2D eigenvalue weighted by Crippen LogP contribution is -2.11. The van der Waals surface area contributed by atoms with E-state index in [-0.39, 0.29) is 6.61 Å². The van der Waals surface area contributed by atoms with Crippen molar-refractivity contribution in [3.63, 3.8) is 0 Å². The van der Waals surface area contributed by atoms with Crippen LogP contribution in [-0.2, 0) is 12.8 Å². The second kappa shape index (κ2) is 9.15. The van der Waals surface area contributed by atoms with E-state index in [2.05, 4.69) is 51.8 Å². The number of aryl methyl sites for hydroxylation is 1. The van der Waals surface area contributed by atoms with Gasteiger partial charge in [-0.15, -0.1) is 0 Å². The highest BCUT2D eigenvalue weighted by Crippen LogP contribution is 2.21. The van der Waals surface area contributed by atoms with Gasteiger partial charge in [-0.2, -0.15) is 4.98 Å². The average Bonchev–Trinajstić information content (AvgIpc) is 2.69. The number of aromatic nitrogens is 2. The van der Waals surface area contributed by atoms with Gasteiger partial charge < -0.3 is 15.7 Å². The first-order chi connectivity index (χ1) is 12.8. The minimum Gasteiger partial charge on any atom is -0.396 e. The molecule has 5 nitrogen and oxygen atoms in total. The van der Waals surface area contributed by atoms with Crippen LogP contribution in [0.3, 0.4) is 0 Å². The summed E-state index contributed by atoms with van der Waals surface area (Å²) in [5.74, 6) is 1.43. The average molecular weight is 350 g/mol. The quantitative estimate of drug-likeness (QED) is 0.514. The van der Waals surface area contributed by atoms with Crippen molar-refractivity contribution >= 4 is 22.7 Å². The van der Waals surface area contributed by atoms with Crippen LogP contribution in [0.1, 0.15) is 24.5 Å². The summed E-state index contributed by atoms with van der Waals surface area (Å²) in [5.41, 5.74) is 3.57. The van der Waals surface area contributed by atoms with E-state index in [1.807, 2.05) is 24.3 Å². The predicted molar refractivity (Wildman–Crippen MR) is 108 cm³/mol. The van der Waals surface area contributed by atoms with E-state index in [4.69, 9.17) is 5.11 Å². The molecule has 3 N–H and O–H groups in total. The first-order valence-electron chi connectivity index (χ1n) is 9.23. The predicted octanol–water partition coefficient (Wildman–Crippen LogP) is 3.64. The van der Waals surface area contributed by atoms with Crippen molar-refractivity contribution in [2.24, 2.45) is 0 Å². The molecule has 0 aliphatic rings. The maximum absolute atomic E-state index is 8.98. The zero-order valence-corrected chi connectivity index (χ0v) is 15.2. The smallest absolute Gasteiger partial charge is 0.225 e. The molecule has 5 heteroatoms. The monoisotopic (exact) mass is 350 g/mol. The highest BCUT2D eigenvalue weighted by atomic mass is 16.3. The minimum absolute atomic E-state index is 0.165. The molecule has 2 aromatic carbocycles. The Hall–Kier alpha value is -2.66. The van der Waals surface area contributed by atoms with E-state index in [0.717, 1.165) is 36.1 Å². The first kappa shape index (κ1) is 18.1. The standard InChI is InChI=1S/C21H26N4O/c1-2-16-8-10-17(11-9-16)12-14-23-21-24-19-7-4-3-6-18(19)20(25-21)22-13-5-15-26/h3-4,6-11,26H,2,5,12-15H2,1H3,(H2,22,23,24,25). The lowest BCUT2D eigenvalue weighted by molar-refractivity contribution is 0.292. The van der Waals surface area contributed by atoms with Crippen LogP contribution in [0.2, 0.25) is 0 Å². The number of para-hydroxylation sites is 1. The molecule has 0 bridgehead atoms. The third-order valence-corrected chi connectivity index (χ3v) is 4.36. The van der Waals surface area contributed by atoms with Crippen LogP contribution in [-0.4, -0.2) is 34.8 Å². The number of nitrogens with one attached hydrogen (secondary N) is 2. The Balaban J connectivity index is 1.68. The van der Waals surface area contributed by atoms with Gasteiger partial charge in [0.1, 0.15) is 5.82 Å². The van der Waals surface area contributed by atoms with Crippen LogP contribution >= 0.6 is 0 Å². The summed E-state index contributed by atoms with van der Waals surface area (Å²) >= 11 is 0. The molecule has 26 heavy (non-hydrogen) atoms. The SMILES string of the molecule is CCc1ccc(CCNc2nc(NCCCO)c3ccccc3n2)cc1. The normalized spacial score (nSPS) is 10.8. The minimum atomic E-state index is 0.165. The largest absolute Gasteiger partial charge is 0.396 e. The summed E-state index contributed by atoms with van der Waals surface area (Å²) in [7, 11) is 0. The van der Waals surface area contributed by atoms with Gasteiger partial charge in [-0.05, 0) is 42.5 Å². The molecule has 136 valence electrons. The molecule has 0 aliphatic carbocycles. The van der Waals surface area contributed by atoms with Crippen molar-refractivity contribution in [3.8, 4) is 0 Å². The number of aliphatic hydroxyl groups excluding tert-OH is 1. The highest BCUT2D eigenvalue weighted by molar-refractivity contribution is 5.89. The molecule has 0 unspecified atom stereocenters. The topological polar surface area (TPSA) is 70.1 Å². The molecule has 0 fully saturated rings. The van der Waals surface area contributed by atoms with Crippen LogP contribution in [0.5, 0.6) is 0 Å². The summed E-state index contributed by atoms with van der Waals surface area (Å²) in [6.07, 6.45) is 2.68. The molecule has 3 aromatic rings. The summed E-state index contributed by atoms with van der Waals surface area (Å²) < 4.78 is 0. The van der Waals surface area contributed by atoms with Crippen molar-refractivity contribution in [2.75, 3.05) is 30.3 Å². The van der Waals surface area contributed by atoms with Crippen LogP contribution in [0.4, 0.5) is 11.8 Å². The number of hydrogen-bond donors (Lipinski definition) is 3. The highest BCUT2D eigenvalue weighted by Gasteiger charge is 2.07. The van der Waals surface area contributed by atoms with Gasteiger partial charge >= 0.3 is 0 Å². The van der Waals surface area contributed by atoms with Crippen molar-refractivity contribution in [1.82, 2.24) is 9.97 Å². The third-order valence-electron chi connectivity index (χ3n) is 4.36. The van der Waals surface area contributed by atoms with Crippen molar-refractivity contribution in [2.45, 2.75) is 26.2 Å². The van der Waals surface area contributed by atoms with E-state index < -0.39 is 0 Å². The molecule has 1 aromatic heterocycles. The lowest BCUT2D eigenvalue weighted by Gasteiger charge is -2.11. The molecule has 0 aliphatic heterocycles. The van der Waals surface area contributed by atoms with Gasteiger partial charge in [0.2, 0.25) is 5.95 Å². The molecular formula is C21H26N4O. The Bertz CT molecular complexity index is 833. The van der Waals surface area contributed by atoms with Gasteiger partial charge in [0.05, 0.1) is 5.52 Å². The Morgan fingerprint density at radius 1 is 0.885 bits per heavy atom. The number of anilines is 2. The number of hydrogen-bond acceptors (Lipinski definition) is 5. The zero-order valence-electron chi connectivity index (χ0n) is 15.2. The zero-order chi connectivity index (χ0) is 18.2. The molecule has 0 saturated carbocycles. The maximum Gasteiger partial charge on any atom is 0.225 e. The Kier molecular flexibility index (Phi) is 6.39. The number of benzene rings is 2. The van der Waals surface area contributed by atoms with E-state index >= 15 is 0 Å². The van der Waals surface area contributed by atoms with E-state index in [1.165, 1.54) is 11.1 Å². The fourth-order valence-electron chi connectivity index (χ4n) is 2.84. The summed E-state index contributed by atoms with van der Waals surface area (Å²) in [5, 5.41) is 16.6. The van der Waals surface area contributed by atoms with Crippen LogP contribution in [0.25, 0.3) is 10.9 Å². The van der Waals surface area contributed by atoms with Gasteiger partial charge in [-0.1, -0.05) is 43.3 Å². The van der Waals surface area contributed by atoms with Gasteiger partial charge in [0, 0.05) is 25.1 Å². The van der Waals surface area contributed by atoms with Crippen LogP contribution in [0.15, 0.2) is 48.5 Å². The van der Waals surface area contributed by atoms with Crippen LogP contribution < -0.4 is 10.6 Å². The molecule has 0 saturated heterocycles. The summed E-state index contributed by atoms with van der Waals surface area (Å²) in [4.78, 5) is 9.23. The molecule has 0 atom stereocenters. The van der Waals surface area contributed by atoms with Crippen molar-refractivity contribution in [3.05, 3.63) is 59.7 Å². The number of rotatable bonds is 9. The fraction of sp³-hybridized carbons (Fsp3) is 0.333. The van der Waals surface area contributed by atoms with E-state index in [0.29, 0.717) is 18.9 Å². The van der Waals surface area contributed by atoms with Gasteiger partial charge in [0.25, 0.3) is 0 Å². The molecule has 1 heterocycles. The van der Waals surface area contributed by atoms with Gasteiger partial charge in [-0.3, -0.25) is 0 Å². The Morgan fingerprint density at radius 3 is 2.42 bits per heavy atom. The molecule has 0 radical (unpaired) electrons. The van der Waals surface area contributed by atoms with E-state index in [1.54, 1.807) is 0 Å². The number of aliphatic hydroxyl groups is 1. The second-order valence-electron chi connectivity index (χ2n) is 6.26. The summed E-state index contributed by atoms with van der Waals surface area (Å²) in [6.45, 7) is 3.79. The number of fused-ring (bicyclic) bond motifs is 1. The third kappa shape index (κ3) is 4.70.